The van der Waals surface area contributed by atoms with Crippen LogP contribution in [-0.2, 0) is 19.7 Å². The van der Waals surface area contributed by atoms with Crippen molar-refractivity contribution in [2.75, 3.05) is 5.08 Å². The molecule has 1 rings (SSSR count). The molecular weight excluding hydrogens is 228 g/mol. The van der Waals surface area contributed by atoms with E-state index in [1.165, 1.54) is 0 Å². The number of rotatable bonds is 2. The Bertz CT molecular complexity index is 368. The summed E-state index contributed by atoms with van der Waals surface area (Å²) in [4.78, 5) is 0. The molecule has 0 aromatic rings. The van der Waals surface area contributed by atoms with Gasteiger partial charge in [0.25, 0.3) is 0 Å². The quantitative estimate of drug-likeness (QED) is 0.659. The lowest BCUT2D eigenvalue weighted by molar-refractivity contribution is 0.566. The summed E-state index contributed by atoms with van der Waals surface area (Å²) in [6.45, 7) is 5.91. The highest BCUT2D eigenvalue weighted by atomic mass is 32.3. The van der Waals surface area contributed by atoms with Gasteiger partial charge in [0, 0.05) is 8.07 Å². The molecule has 4 nitrogen and oxygen atoms in total. The van der Waals surface area contributed by atoms with Gasteiger partial charge in [0.1, 0.15) is 0 Å². The van der Waals surface area contributed by atoms with E-state index in [4.69, 9.17) is 0 Å². The van der Waals surface area contributed by atoms with Gasteiger partial charge in [-0.25, -0.2) is 16.8 Å². The lowest BCUT2D eigenvalue weighted by Crippen LogP contribution is -2.50. The van der Waals surface area contributed by atoms with Crippen LogP contribution >= 0.6 is 0 Å². The highest BCUT2D eigenvalue weighted by Gasteiger charge is 2.52. The molecule has 0 bridgehead atoms. The SMILES string of the molecule is C[Si](C)(C)CC1S(=O)(=O)CS1(=O)=O. The Morgan fingerprint density at radius 3 is 1.62 bits per heavy atom. The van der Waals surface area contributed by atoms with Gasteiger partial charge in [-0.3, -0.25) is 0 Å². The second-order valence-corrected chi connectivity index (χ2v) is 15.2. The normalized spacial score (nSPS) is 26.7. The molecule has 1 saturated heterocycles. The van der Waals surface area contributed by atoms with Crippen molar-refractivity contribution < 1.29 is 16.8 Å². The fourth-order valence-corrected chi connectivity index (χ4v) is 11.5. The molecule has 13 heavy (non-hydrogen) atoms. The van der Waals surface area contributed by atoms with Gasteiger partial charge >= 0.3 is 0 Å². The van der Waals surface area contributed by atoms with E-state index in [-0.39, 0.29) is 0 Å². The Kier molecular flexibility index (Phi) is 2.41. The highest BCUT2D eigenvalue weighted by molar-refractivity contribution is 8.24. The predicted molar refractivity (Wildman–Crippen MR) is 54.6 cm³/mol. The third-order valence-electron chi connectivity index (χ3n) is 1.91. The fourth-order valence-electron chi connectivity index (χ4n) is 1.28. The molecule has 78 valence electrons. The Balaban J connectivity index is 2.92. The van der Waals surface area contributed by atoms with E-state index in [2.05, 4.69) is 0 Å². The third kappa shape index (κ3) is 2.32. The Labute approximate surface area is 80.2 Å². The van der Waals surface area contributed by atoms with Crippen LogP contribution in [0.5, 0.6) is 0 Å². The van der Waals surface area contributed by atoms with Gasteiger partial charge in [0.15, 0.2) is 29.3 Å². The van der Waals surface area contributed by atoms with Gasteiger partial charge in [0.05, 0.1) is 0 Å². The van der Waals surface area contributed by atoms with E-state index in [1.54, 1.807) is 0 Å². The van der Waals surface area contributed by atoms with Crippen LogP contribution in [0.3, 0.4) is 0 Å². The first-order valence-corrected chi connectivity index (χ1v) is 11.1. The van der Waals surface area contributed by atoms with Gasteiger partial charge in [-0.2, -0.15) is 0 Å². The van der Waals surface area contributed by atoms with Crippen LogP contribution in [0, 0.1) is 0 Å². The molecule has 0 aromatic heterocycles. The molecule has 0 amide bonds. The van der Waals surface area contributed by atoms with Crippen molar-refractivity contribution in [3.8, 4) is 0 Å². The van der Waals surface area contributed by atoms with E-state index in [0.717, 1.165) is 0 Å². The van der Waals surface area contributed by atoms with Gasteiger partial charge in [-0.05, 0) is 6.04 Å². The van der Waals surface area contributed by atoms with Crippen molar-refractivity contribution >= 4 is 27.7 Å². The first-order chi connectivity index (χ1) is 5.55. The summed E-state index contributed by atoms with van der Waals surface area (Å²) in [6, 6.07) is 0.331. The number of hydrogen-bond acceptors (Lipinski definition) is 4. The molecule has 0 saturated carbocycles. The minimum Gasteiger partial charge on any atom is -0.226 e. The van der Waals surface area contributed by atoms with Gasteiger partial charge in [0.2, 0.25) is 0 Å². The van der Waals surface area contributed by atoms with Crippen LogP contribution in [0.15, 0.2) is 0 Å². The molecule has 1 fully saturated rings. The second-order valence-electron chi connectivity index (χ2n) is 4.64. The zero-order valence-corrected chi connectivity index (χ0v) is 10.6. The maximum Gasteiger partial charge on any atom is 0.181 e. The zero-order chi connectivity index (χ0) is 10.5. The van der Waals surface area contributed by atoms with Crippen LogP contribution < -0.4 is 0 Å². The molecule has 0 N–H and O–H groups in total. The van der Waals surface area contributed by atoms with Crippen LogP contribution in [-0.4, -0.2) is 34.6 Å². The molecular formula is C6H14O4S2Si. The molecule has 7 heteroatoms. The van der Waals surface area contributed by atoms with Crippen molar-refractivity contribution in [1.82, 2.24) is 0 Å². The Morgan fingerprint density at radius 1 is 1.08 bits per heavy atom. The standard InChI is InChI=1S/C6H14O4S2Si/c1-13(2,3)4-6-11(7,8)5-12(6,9)10/h6H,4-5H2,1-3H3. The van der Waals surface area contributed by atoms with Crippen molar-refractivity contribution in [2.45, 2.75) is 30.3 Å². The van der Waals surface area contributed by atoms with Gasteiger partial charge in [-0.1, -0.05) is 19.6 Å². The smallest absolute Gasteiger partial charge is 0.181 e. The molecule has 0 spiro atoms. The lowest BCUT2D eigenvalue weighted by Gasteiger charge is -2.30. The Hall–Kier alpha value is 0.117. The topological polar surface area (TPSA) is 68.3 Å². The molecule has 1 heterocycles. The zero-order valence-electron chi connectivity index (χ0n) is 7.94. The maximum absolute atomic E-state index is 11.2. The van der Waals surface area contributed by atoms with E-state index in [1.807, 2.05) is 19.6 Å². The third-order valence-corrected chi connectivity index (χ3v) is 10.5. The first-order valence-electron chi connectivity index (χ1n) is 3.98. The summed E-state index contributed by atoms with van der Waals surface area (Å²) in [5, 5.41) is -0.644. The van der Waals surface area contributed by atoms with Crippen molar-refractivity contribution in [3.63, 3.8) is 0 Å². The van der Waals surface area contributed by atoms with Gasteiger partial charge < -0.3 is 0 Å². The van der Waals surface area contributed by atoms with Crippen LogP contribution in [0.4, 0.5) is 0 Å². The van der Waals surface area contributed by atoms with Gasteiger partial charge in [-0.15, -0.1) is 0 Å². The summed E-state index contributed by atoms with van der Waals surface area (Å²) < 4.78 is 43.5. The fraction of sp³-hybridized carbons (Fsp3) is 1.00. The summed E-state index contributed by atoms with van der Waals surface area (Å²) in [7, 11) is -8.26. The number of sulfone groups is 2. The minimum atomic E-state index is -3.32. The summed E-state index contributed by atoms with van der Waals surface area (Å²) in [6.07, 6.45) is 0. The van der Waals surface area contributed by atoms with Crippen LogP contribution in [0.1, 0.15) is 0 Å². The Morgan fingerprint density at radius 2 is 1.46 bits per heavy atom. The average molecular weight is 242 g/mol. The van der Waals surface area contributed by atoms with Crippen LogP contribution in [0.2, 0.25) is 25.7 Å². The average Bonchev–Trinajstić information content (AvgIpc) is 1.78. The highest BCUT2D eigenvalue weighted by Crippen LogP contribution is 2.32. The lowest BCUT2D eigenvalue weighted by atomic mass is 10.9. The first kappa shape index (κ1) is 11.2. The summed E-state index contributed by atoms with van der Waals surface area (Å²) >= 11 is 0. The van der Waals surface area contributed by atoms with E-state index >= 15 is 0 Å². The van der Waals surface area contributed by atoms with E-state index in [9.17, 15) is 16.8 Å². The van der Waals surface area contributed by atoms with E-state index in [0.29, 0.717) is 6.04 Å². The molecule has 0 radical (unpaired) electrons. The molecule has 0 aromatic carbocycles. The van der Waals surface area contributed by atoms with E-state index < -0.39 is 37.4 Å². The maximum atomic E-state index is 11.2. The molecule has 0 atom stereocenters. The molecule has 0 aliphatic carbocycles. The van der Waals surface area contributed by atoms with Crippen molar-refractivity contribution in [1.29, 1.82) is 0 Å². The predicted octanol–water partition coefficient (Wildman–Crippen LogP) is 0.451. The summed E-state index contributed by atoms with van der Waals surface area (Å²) in [5.74, 6) is 0. The van der Waals surface area contributed by atoms with Crippen molar-refractivity contribution in [3.05, 3.63) is 0 Å². The minimum absolute atomic E-state index is 0.331. The van der Waals surface area contributed by atoms with Crippen LogP contribution in [0.25, 0.3) is 0 Å². The largest absolute Gasteiger partial charge is 0.226 e. The second kappa shape index (κ2) is 2.80. The molecule has 0 unspecified atom stereocenters. The molecule has 1 aliphatic rings. The van der Waals surface area contributed by atoms with Crippen molar-refractivity contribution in [2.24, 2.45) is 0 Å². The monoisotopic (exact) mass is 242 g/mol. The molecule has 1 aliphatic heterocycles. The summed E-state index contributed by atoms with van der Waals surface area (Å²) in [5.41, 5.74) is 0. The number of hydrogen-bond donors (Lipinski definition) is 0.